The van der Waals surface area contributed by atoms with E-state index in [0.29, 0.717) is 0 Å². The zero-order valence-corrected chi connectivity index (χ0v) is 9.35. The van der Waals surface area contributed by atoms with E-state index in [2.05, 4.69) is 15.0 Å². The number of aliphatic hydroxyl groups excluding tert-OH is 1. The lowest BCUT2D eigenvalue weighted by atomic mass is 10.3. The zero-order chi connectivity index (χ0) is 12.8. The van der Waals surface area contributed by atoms with E-state index in [0.717, 1.165) is 7.11 Å². The van der Waals surface area contributed by atoms with Crippen LogP contribution in [0.4, 0.5) is 10.1 Å². The fourth-order valence-corrected chi connectivity index (χ4v) is 0.994. The van der Waals surface area contributed by atoms with E-state index in [9.17, 15) is 14.3 Å². The topological polar surface area (TPSA) is 71.2 Å². The standard InChI is InChI=1S/C11H11FN2O3/c1-7(15)10(11(16)17-2)14-13-9-6-4-3-5-8(9)12/h3-6,15H,1-2H3/b10-7-,14-13?. The molecular weight excluding hydrogens is 227 g/mol. The highest BCUT2D eigenvalue weighted by Crippen LogP contribution is 2.18. The monoisotopic (exact) mass is 238 g/mol. The number of halogens is 1. The van der Waals surface area contributed by atoms with Gasteiger partial charge in [-0.05, 0) is 19.1 Å². The van der Waals surface area contributed by atoms with E-state index in [-0.39, 0.29) is 17.1 Å². The highest BCUT2D eigenvalue weighted by atomic mass is 19.1. The third-order valence-electron chi connectivity index (χ3n) is 1.83. The molecule has 0 aliphatic rings. The van der Waals surface area contributed by atoms with Crippen molar-refractivity contribution in [1.82, 2.24) is 0 Å². The van der Waals surface area contributed by atoms with Crippen molar-refractivity contribution in [2.75, 3.05) is 7.11 Å². The Bertz CT molecular complexity index is 479. The normalized spacial score (nSPS) is 12.4. The van der Waals surface area contributed by atoms with E-state index < -0.39 is 11.8 Å². The summed E-state index contributed by atoms with van der Waals surface area (Å²) in [7, 11) is 1.14. The maximum absolute atomic E-state index is 13.2. The number of hydrogen-bond donors (Lipinski definition) is 1. The summed E-state index contributed by atoms with van der Waals surface area (Å²) in [4.78, 5) is 11.2. The number of rotatable bonds is 3. The Morgan fingerprint density at radius 2 is 2.06 bits per heavy atom. The van der Waals surface area contributed by atoms with Gasteiger partial charge in [0.2, 0.25) is 5.70 Å². The molecule has 0 heterocycles. The molecule has 17 heavy (non-hydrogen) atoms. The largest absolute Gasteiger partial charge is 0.510 e. The summed E-state index contributed by atoms with van der Waals surface area (Å²) in [6, 6.07) is 5.68. The molecule has 0 saturated heterocycles. The van der Waals surface area contributed by atoms with Crippen LogP contribution in [0.15, 0.2) is 46.0 Å². The number of hydrogen-bond acceptors (Lipinski definition) is 5. The number of ether oxygens (including phenoxy) is 1. The Morgan fingerprint density at radius 3 is 2.59 bits per heavy atom. The van der Waals surface area contributed by atoms with E-state index in [1.807, 2.05) is 0 Å². The highest BCUT2D eigenvalue weighted by Gasteiger charge is 2.13. The van der Waals surface area contributed by atoms with E-state index in [1.165, 1.54) is 25.1 Å². The van der Waals surface area contributed by atoms with Gasteiger partial charge in [-0.15, -0.1) is 10.2 Å². The van der Waals surface area contributed by atoms with Crippen LogP contribution in [0.5, 0.6) is 0 Å². The van der Waals surface area contributed by atoms with Crippen molar-refractivity contribution < 1.29 is 19.0 Å². The first-order chi connectivity index (χ1) is 8.06. The highest BCUT2D eigenvalue weighted by molar-refractivity contribution is 5.88. The fourth-order valence-electron chi connectivity index (χ4n) is 0.994. The Balaban J connectivity index is 3.01. The second kappa shape index (κ2) is 5.74. The number of methoxy groups -OCH3 is 1. The molecule has 1 aromatic rings. The molecule has 1 N–H and O–H groups in total. The first-order valence-corrected chi connectivity index (χ1v) is 4.70. The maximum Gasteiger partial charge on any atom is 0.362 e. The second-order valence-corrected chi connectivity index (χ2v) is 3.08. The summed E-state index contributed by atoms with van der Waals surface area (Å²) in [5.41, 5.74) is -0.397. The van der Waals surface area contributed by atoms with Crippen molar-refractivity contribution in [2.45, 2.75) is 6.92 Å². The number of esters is 1. The van der Waals surface area contributed by atoms with Crippen LogP contribution < -0.4 is 0 Å². The summed E-state index contributed by atoms with van der Waals surface area (Å²) in [6.45, 7) is 1.26. The van der Waals surface area contributed by atoms with Gasteiger partial charge in [-0.1, -0.05) is 12.1 Å². The number of carbonyl (C=O) groups is 1. The Hall–Kier alpha value is -2.24. The molecule has 0 unspecified atom stereocenters. The van der Waals surface area contributed by atoms with Gasteiger partial charge in [0.05, 0.1) is 7.11 Å². The predicted octanol–water partition coefficient (Wildman–Crippen LogP) is 2.87. The Kier molecular flexibility index (Phi) is 4.33. The molecule has 0 aromatic heterocycles. The van der Waals surface area contributed by atoms with E-state index >= 15 is 0 Å². The molecule has 0 amide bonds. The predicted molar refractivity (Wildman–Crippen MR) is 58.3 cm³/mol. The van der Waals surface area contributed by atoms with Gasteiger partial charge in [0.15, 0.2) is 5.82 Å². The molecule has 1 rings (SSSR count). The van der Waals surface area contributed by atoms with Crippen LogP contribution in [0.2, 0.25) is 0 Å². The number of aliphatic hydroxyl groups is 1. The number of azo groups is 1. The molecule has 0 aliphatic heterocycles. The number of benzene rings is 1. The van der Waals surface area contributed by atoms with Gasteiger partial charge < -0.3 is 9.84 Å². The van der Waals surface area contributed by atoms with Gasteiger partial charge in [0.25, 0.3) is 0 Å². The summed E-state index contributed by atoms with van der Waals surface area (Å²) in [6.07, 6.45) is 0. The van der Waals surface area contributed by atoms with Crippen molar-refractivity contribution in [3.8, 4) is 0 Å². The van der Waals surface area contributed by atoms with Crippen molar-refractivity contribution in [2.24, 2.45) is 10.2 Å². The average molecular weight is 238 g/mol. The molecule has 0 bridgehead atoms. The summed E-state index contributed by atoms with van der Waals surface area (Å²) >= 11 is 0. The minimum absolute atomic E-state index is 0.0323. The first kappa shape index (κ1) is 12.8. The van der Waals surface area contributed by atoms with Crippen LogP contribution in [0.3, 0.4) is 0 Å². The molecular formula is C11H11FN2O3. The van der Waals surface area contributed by atoms with Crippen LogP contribution >= 0.6 is 0 Å². The van der Waals surface area contributed by atoms with Crippen LogP contribution in [0, 0.1) is 5.82 Å². The Morgan fingerprint density at radius 1 is 1.41 bits per heavy atom. The van der Waals surface area contributed by atoms with Crippen molar-refractivity contribution in [1.29, 1.82) is 0 Å². The van der Waals surface area contributed by atoms with E-state index in [4.69, 9.17) is 0 Å². The molecule has 1 aromatic carbocycles. The minimum atomic E-state index is -0.843. The third-order valence-corrected chi connectivity index (χ3v) is 1.83. The van der Waals surface area contributed by atoms with Gasteiger partial charge in [0, 0.05) is 0 Å². The molecule has 0 saturated carbocycles. The van der Waals surface area contributed by atoms with Gasteiger partial charge in [0.1, 0.15) is 11.4 Å². The molecule has 0 spiro atoms. The fraction of sp³-hybridized carbons (Fsp3) is 0.182. The summed E-state index contributed by atoms with van der Waals surface area (Å²) < 4.78 is 17.6. The van der Waals surface area contributed by atoms with Crippen LogP contribution in [-0.4, -0.2) is 18.2 Å². The van der Waals surface area contributed by atoms with Gasteiger partial charge >= 0.3 is 5.97 Å². The minimum Gasteiger partial charge on any atom is -0.510 e. The van der Waals surface area contributed by atoms with Gasteiger partial charge in [-0.2, -0.15) is 0 Å². The number of carbonyl (C=O) groups excluding carboxylic acids is 1. The van der Waals surface area contributed by atoms with Gasteiger partial charge in [-0.25, -0.2) is 9.18 Å². The maximum atomic E-state index is 13.2. The molecule has 5 nitrogen and oxygen atoms in total. The molecule has 6 heteroatoms. The SMILES string of the molecule is COC(=O)/C(N=Nc1ccccc1F)=C(\C)O. The summed E-state index contributed by atoms with van der Waals surface area (Å²) in [5.74, 6) is -1.77. The van der Waals surface area contributed by atoms with Crippen molar-refractivity contribution >= 4 is 11.7 Å². The third kappa shape index (κ3) is 3.37. The summed E-state index contributed by atoms with van der Waals surface area (Å²) in [5, 5.41) is 16.2. The lowest BCUT2D eigenvalue weighted by Crippen LogP contribution is -2.04. The van der Waals surface area contributed by atoms with Crippen LogP contribution in [-0.2, 0) is 9.53 Å². The molecule has 0 aliphatic carbocycles. The number of allylic oxidation sites excluding steroid dienone is 1. The van der Waals surface area contributed by atoms with Crippen molar-refractivity contribution in [3.05, 3.63) is 41.5 Å². The van der Waals surface area contributed by atoms with E-state index in [1.54, 1.807) is 6.07 Å². The lowest BCUT2D eigenvalue weighted by molar-refractivity contribution is -0.136. The molecule has 0 atom stereocenters. The second-order valence-electron chi connectivity index (χ2n) is 3.08. The zero-order valence-electron chi connectivity index (χ0n) is 9.35. The quantitative estimate of drug-likeness (QED) is 0.381. The van der Waals surface area contributed by atoms with Crippen LogP contribution in [0.25, 0.3) is 0 Å². The average Bonchev–Trinajstić information content (AvgIpc) is 2.30. The van der Waals surface area contributed by atoms with Crippen molar-refractivity contribution in [3.63, 3.8) is 0 Å². The van der Waals surface area contributed by atoms with Gasteiger partial charge in [-0.3, -0.25) is 0 Å². The van der Waals surface area contributed by atoms with Crippen LogP contribution in [0.1, 0.15) is 6.92 Å². The Labute approximate surface area is 97.2 Å². The molecule has 0 radical (unpaired) electrons. The molecule has 90 valence electrons. The number of nitrogens with zero attached hydrogens (tertiary/aromatic N) is 2. The first-order valence-electron chi connectivity index (χ1n) is 4.70. The smallest absolute Gasteiger partial charge is 0.362 e. The lowest BCUT2D eigenvalue weighted by Gasteiger charge is -1.99. The molecule has 0 fully saturated rings.